The van der Waals surface area contributed by atoms with Gasteiger partial charge in [-0.05, 0) is 25.0 Å². The first kappa shape index (κ1) is 11.9. The second-order valence-electron chi connectivity index (χ2n) is 4.17. The summed E-state index contributed by atoms with van der Waals surface area (Å²) in [6, 6.07) is 1.69. The second kappa shape index (κ2) is 3.72. The number of halogens is 3. The van der Waals surface area contributed by atoms with E-state index in [1.165, 1.54) is 0 Å². The minimum absolute atomic E-state index is 0.00563. The third kappa shape index (κ3) is 1.87. The van der Waals surface area contributed by atoms with E-state index in [0.717, 1.165) is 18.3 Å². The van der Waals surface area contributed by atoms with Gasteiger partial charge in [0.25, 0.3) is 0 Å². The highest BCUT2D eigenvalue weighted by Gasteiger charge is 2.48. The number of carboxylic acid groups (broad SMARTS) is 1. The van der Waals surface area contributed by atoms with Crippen LogP contribution in [-0.4, -0.2) is 16.1 Å². The molecule has 0 spiro atoms. The Kier molecular flexibility index (Phi) is 2.60. The predicted molar refractivity (Wildman–Crippen MR) is 52.4 cm³/mol. The lowest BCUT2D eigenvalue weighted by Gasteiger charge is -2.37. The molecule has 1 aliphatic carbocycles. The molecule has 1 saturated carbocycles. The molecule has 2 rings (SSSR count). The highest BCUT2D eigenvalue weighted by atomic mass is 19.4. The molecular weight excluding hydrogens is 235 g/mol. The van der Waals surface area contributed by atoms with Gasteiger partial charge in [-0.3, -0.25) is 9.78 Å². The molecule has 0 atom stereocenters. The third-order valence-corrected chi connectivity index (χ3v) is 3.19. The minimum atomic E-state index is -4.47. The first-order valence-electron chi connectivity index (χ1n) is 5.13. The summed E-state index contributed by atoms with van der Waals surface area (Å²) in [6.45, 7) is 0. The maximum Gasteiger partial charge on any atom is 0.416 e. The van der Waals surface area contributed by atoms with Gasteiger partial charge in [-0.15, -0.1) is 0 Å². The van der Waals surface area contributed by atoms with Gasteiger partial charge in [-0.2, -0.15) is 13.2 Å². The van der Waals surface area contributed by atoms with E-state index in [-0.39, 0.29) is 5.69 Å². The number of aromatic nitrogens is 1. The number of pyridine rings is 1. The molecule has 0 amide bonds. The second-order valence-corrected chi connectivity index (χ2v) is 4.17. The van der Waals surface area contributed by atoms with Crippen molar-refractivity contribution in [1.82, 2.24) is 4.98 Å². The Hall–Kier alpha value is -1.59. The number of rotatable bonds is 2. The Morgan fingerprint density at radius 1 is 1.41 bits per heavy atom. The molecule has 1 fully saturated rings. The van der Waals surface area contributed by atoms with Gasteiger partial charge in [0, 0.05) is 6.20 Å². The van der Waals surface area contributed by atoms with E-state index < -0.39 is 23.1 Å². The number of carbonyl (C=O) groups is 1. The molecule has 0 unspecified atom stereocenters. The van der Waals surface area contributed by atoms with Crippen LogP contribution < -0.4 is 0 Å². The Labute approximate surface area is 95.3 Å². The summed E-state index contributed by atoms with van der Waals surface area (Å²) >= 11 is 0. The molecule has 1 heterocycles. The van der Waals surface area contributed by atoms with Gasteiger partial charge < -0.3 is 5.11 Å². The molecule has 3 nitrogen and oxygen atoms in total. The van der Waals surface area contributed by atoms with E-state index in [1.54, 1.807) is 0 Å². The van der Waals surface area contributed by atoms with Crippen LogP contribution in [0.1, 0.15) is 30.5 Å². The van der Waals surface area contributed by atoms with Crippen LogP contribution in [0.4, 0.5) is 13.2 Å². The van der Waals surface area contributed by atoms with Gasteiger partial charge in [-0.25, -0.2) is 0 Å². The Morgan fingerprint density at radius 3 is 2.47 bits per heavy atom. The zero-order chi connectivity index (χ0) is 12.7. The molecule has 0 aromatic carbocycles. The van der Waals surface area contributed by atoms with Crippen LogP contribution in [0.25, 0.3) is 0 Å². The van der Waals surface area contributed by atoms with Crippen molar-refractivity contribution in [2.24, 2.45) is 0 Å². The molecule has 0 saturated heterocycles. The zero-order valence-corrected chi connectivity index (χ0v) is 8.79. The van der Waals surface area contributed by atoms with Gasteiger partial charge in [0.05, 0.1) is 11.3 Å². The standard InChI is InChI=1S/C11H10F3NO2/c12-11(13,14)7-2-5-15-8(6-7)10(9(16)17)3-1-4-10/h2,5-6H,1,3-4H2,(H,16,17). The summed E-state index contributed by atoms with van der Waals surface area (Å²) in [5, 5.41) is 9.11. The van der Waals surface area contributed by atoms with Gasteiger partial charge in [0.1, 0.15) is 5.41 Å². The first-order valence-corrected chi connectivity index (χ1v) is 5.13. The van der Waals surface area contributed by atoms with Crippen LogP contribution in [0, 0.1) is 0 Å². The van der Waals surface area contributed by atoms with Crippen LogP contribution in [-0.2, 0) is 16.4 Å². The van der Waals surface area contributed by atoms with E-state index in [1.807, 2.05) is 0 Å². The molecule has 92 valence electrons. The average Bonchev–Trinajstić information content (AvgIpc) is 2.14. The highest BCUT2D eigenvalue weighted by molar-refractivity contribution is 5.82. The van der Waals surface area contributed by atoms with Crippen molar-refractivity contribution in [3.05, 3.63) is 29.6 Å². The fraction of sp³-hybridized carbons (Fsp3) is 0.455. The summed E-state index contributed by atoms with van der Waals surface area (Å²) in [7, 11) is 0. The van der Waals surface area contributed by atoms with Gasteiger partial charge >= 0.3 is 12.1 Å². The van der Waals surface area contributed by atoms with Crippen molar-refractivity contribution in [2.45, 2.75) is 30.9 Å². The minimum Gasteiger partial charge on any atom is -0.481 e. The Balaban J connectivity index is 2.43. The van der Waals surface area contributed by atoms with Crippen LogP contribution in [0.2, 0.25) is 0 Å². The first-order chi connectivity index (χ1) is 7.86. The number of aliphatic carboxylic acids is 1. The lowest BCUT2D eigenvalue weighted by molar-refractivity contribution is -0.148. The molecule has 1 aliphatic rings. The lowest BCUT2D eigenvalue weighted by atomic mass is 9.66. The fourth-order valence-corrected chi connectivity index (χ4v) is 1.98. The van der Waals surface area contributed by atoms with Crippen LogP contribution >= 0.6 is 0 Å². The van der Waals surface area contributed by atoms with E-state index in [4.69, 9.17) is 5.11 Å². The molecule has 17 heavy (non-hydrogen) atoms. The SMILES string of the molecule is O=C(O)C1(c2cc(C(F)(F)F)ccn2)CCC1. The van der Waals surface area contributed by atoms with Crippen molar-refractivity contribution in [2.75, 3.05) is 0 Å². The van der Waals surface area contributed by atoms with Gasteiger partial charge in [0.2, 0.25) is 0 Å². The summed E-state index contributed by atoms with van der Waals surface area (Å²) in [5.41, 5.74) is -2.07. The van der Waals surface area contributed by atoms with Gasteiger partial charge in [-0.1, -0.05) is 6.42 Å². The van der Waals surface area contributed by atoms with E-state index >= 15 is 0 Å². The average molecular weight is 245 g/mol. The maximum atomic E-state index is 12.5. The maximum absolute atomic E-state index is 12.5. The van der Waals surface area contributed by atoms with Crippen molar-refractivity contribution in [3.63, 3.8) is 0 Å². The molecule has 1 aromatic rings. The van der Waals surface area contributed by atoms with E-state index in [0.29, 0.717) is 19.3 Å². The van der Waals surface area contributed by atoms with Crippen LogP contribution in [0.15, 0.2) is 18.3 Å². The summed E-state index contributed by atoms with van der Waals surface area (Å²) in [4.78, 5) is 14.9. The van der Waals surface area contributed by atoms with Crippen molar-refractivity contribution in [1.29, 1.82) is 0 Å². The highest BCUT2D eigenvalue weighted by Crippen LogP contribution is 2.44. The van der Waals surface area contributed by atoms with Crippen molar-refractivity contribution in [3.8, 4) is 0 Å². The molecule has 0 bridgehead atoms. The van der Waals surface area contributed by atoms with E-state index in [9.17, 15) is 18.0 Å². The fourth-order valence-electron chi connectivity index (χ4n) is 1.98. The zero-order valence-electron chi connectivity index (χ0n) is 8.79. The summed E-state index contributed by atoms with van der Waals surface area (Å²) in [6.07, 6.45) is -2.07. The number of nitrogens with zero attached hydrogens (tertiary/aromatic N) is 1. The van der Waals surface area contributed by atoms with Crippen molar-refractivity contribution < 1.29 is 23.1 Å². The Bertz CT molecular complexity index is 452. The van der Waals surface area contributed by atoms with Crippen LogP contribution in [0.3, 0.4) is 0 Å². The predicted octanol–water partition coefficient (Wildman–Crippen LogP) is 2.61. The molecule has 6 heteroatoms. The smallest absolute Gasteiger partial charge is 0.416 e. The monoisotopic (exact) mass is 245 g/mol. The topological polar surface area (TPSA) is 50.2 Å². The summed E-state index contributed by atoms with van der Waals surface area (Å²) < 4.78 is 37.5. The molecule has 0 radical (unpaired) electrons. The number of hydrogen-bond donors (Lipinski definition) is 1. The number of alkyl halides is 3. The Morgan fingerprint density at radius 2 is 2.06 bits per heavy atom. The summed E-state index contributed by atoms with van der Waals surface area (Å²) in [5.74, 6) is -1.10. The molecule has 1 aromatic heterocycles. The third-order valence-electron chi connectivity index (χ3n) is 3.19. The normalized spacial score (nSPS) is 18.5. The molecular formula is C11H10F3NO2. The van der Waals surface area contributed by atoms with Crippen molar-refractivity contribution >= 4 is 5.97 Å². The van der Waals surface area contributed by atoms with Crippen LogP contribution in [0.5, 0.6) is 0 Å². The van der Waals surface area contributed by atoms with Gasteiger partial charge in [0.15, 0.2) is 0 Å². The quantitative estimate of drug-likeness (QED) is 0.871. The number of carboxylic acids is 1. The lowest BCUT2D eigenvalue weighted by Crippen LogP contribution is -2.43. The molecule has 0 aliphatic heterocycles. The number of hydrogen-bond acceptors (Lipinski definition) is 2. The molecule has 1 N–H and O–H groups in total. The largest absolute Gasteiger partial charge is 0.481 e. The van der Waals surface area contributed by atoms with E-state index in [2.05, 4.69) is 4.98 Å².